The minimum atomic E-state index is -0.292. The van der Waals surface area contributed by atoms with Crippen LogP contribution in [0.3, 0.4) is 0 Å². The lowest BCUT2D eigenvalue weighted by atomic mass is 9.74. The number of hydrogen-bond donors (Lipinski definition) is 2. The lowest BCUT2D eigenvalue weighted by Crippen LogP contribution is -2.48. The van der Waals surface area contributed by atoms with Gasteiger partial charge in [-0.15, -0.1) is 0 Å². The van der Waals surface area contributed by atoms with Crippen molar-refractivity contribution in [2.24, 2.45) is 0 Å². The summed E-state index contributed by atoms with van der Waals surface area (Å²) in [6, 6.07) is 12.3. The number of nitrogens with zero attached hydrogens (tertiary/aromatic N) is 1. The zero-order chi connectivity index (χ0) is 25.2. The van der Waals surface area contributed by atoms with Crippen LogP contribution in [0.1, 0.15) is 72.2 Å². The largest absolute Gasteiger partial charge is 0.450 e. The fourth-order valence-corrected chi connectivity index (χ4v) is 7.41. The molecule has 2 N–H and O–H groups in total. The summed E-state index contributed by atoms with van der Waals surface area (Å²) in [6.45, 7) is 6.15. The fourth-order valence-electron chi connectivity index (χ4n) is 7.15. The van der Waals surface area contributed by atoms with Gasteiger partial charge < -0.3 is 24.7 Å². The molecule has 0 bridgehead atoms. The zero-order valence-electron chi connectivity index (χ0n) is 21.0. The number of anilines is 1. The van der Waals surface area contributed by atoms with Crippen LogP contribution in [-0.4, -0.2) is 30.5 Å². The summed E-state index contributed by atoms with van der Waals surface area (Å²) in [6.07, 6.45) is 7.96. The van der Waals surface area contributed by atoms with E-state index in [0.717, 1.165) is 79.6 Å². The maximum absolute atomic E-state index is 13.7. The molecule has 1 aliphatic carbocycles. The van der Waals surface area contributed by atoms with Crippen LogP contribution in [-0.2, 0) is 22.3 Å². The van der Waals surface area contributed by atoms with Gasteiger partial charge in [0, 0.05) is 24.0 Å². The van der Waals surface area contributed by atoms with Gasteiger partial charge in [0.05, 0.1) is 34.3 Å². The molecule has 2 fully saturated rings. The van der Waals surface area contributed by atoms with Gasteiger partial charge in [-0.05, 0) is 55.4 Å². The van der Waals surface area contributed by atoms with E-state index in [1.807, 2.05) is 17.0 Å². The number of carbonyl (C=O) groups is 1. The predicted molar refractivity (Wildman–Crippen MR) is 145 cm³/mol. The smallest absolute Gasteiger partial charge is 0.289 e. The van der Waals surface area contributed by atoms with E-state index in [-0.39, 0.29) is 17.0 Å². The Hall–Kier alpha value is -2.96. The van der Waals surface area contributed by atoms with Crippen molar-refractivity contribution in [1.29, 1.82) is 0 Å². The van der Waals surface area contributed by atoms with Crippen molar-refractivity contribution in [2.75, 3.05) is 25.0 Å². The second-order valence-corrected chi connectivity index (χ2v) is 11.5. The number of amides is 1. The Bertz CT molecular complexity index is 1410. The van der Waals surface area contributed by atoms with Crippen molar-refractivity contribution in [1.82, 2.24) is 10.2 Å². The van der Waals surface area contributed by atoms with Crippen molar-refractivity contribution in [3.8, 4) is 0 Å². The highest BCUT2D eigenvalue weighted by atomic mass is 35.5. The van der Waals surface area contributed by atoms with Crippen LogP contribution in [0.25, 0.3) is 11.0 Å². The van der Waals surface area contributed by atoms with Crippen LogP contribution in [0.2, 0.25) is 5.02 Å². The Kier molecular flexibility index (Phi) is 5.35. The summed E-state index contributed by atoms with van der Waals surface area (Å²) in [5.41, 5.74) is 4.72. The summed E-state index contributed by atoms with van der Waals surface area (Å²) in [4.78, 5) is 15.6. The lowest BCUT2D eigenvalue weighted by molar-refractivity contribution is -0.0936. The van der Waals surface area contributed by atoms with E-state index >= 15 is 0 Å². The molecule has 1 amide bonds. The first-order chi connectivity index (χ1) is 18.0. The molecule has 0 unspecified atom stereocenters. The minimum absolute atomic E-state index is 0.0705. The van der Waals surface area contributed by atoms with Crippen LogP contribution in [0.4, 0.5) is 5.69 Å². The van der Waals surface area contributed by atoms with Crippen molar-refractivity contribution >= 4 is 34.2 Å². The first-order valence-corrected chi connectivity index (χ1v) is 13.9. The number of fused-ring (bicyclic) bond motifs is 6. The van der Waals surface area contributed by atoms with Gasteiger partial charge in [0.15, 0.2) is 5.76 Å². The van der Waals surface area contributed by atoms with Crippen molar-refractivity contribution in [3.05, 3.63) is 76.3 Å². The van der Waals surface area contributed by atoms with Gasteiger partial charge in [-0.2, -0.15) is 0 Å². The average molecular weight is 518 g/mol. The number of piperidine rings is 1. The van der Waals surface area contributed by atoms with E-state index in [2.05, 4.69) is 41.5 Å². The van der Waals surface area contributed by atoms with E-state index < -0.39 is 0 Å². The number of hydrogen-bond acceptors (Lipinski definition) is 5. The van der Waals surface area contributed by atoms with Gasteiger partial charge in [0.2, 0.25) is 0 Å². The second kappa shape index (κ2) is 8.53. The number of furan rings is 1. The molecule has 7 heteroatoms. The van der Waals surface area contributed by atoms with Gasteiger partial charge in [-0.25, -0.2) is 0 Å². The predicted octanol–water partition coefficient (Wildman–Crippen LogP) is 6.44. The highest BCUT2D eigenvalue weighted by Gasteiger charge is 2.44. The molecule has 7 rings (SSSR count). The van der Waals surface area contributed by atoms with E-state index in [0.29, 0.717) is 23.9 Å². The number of rotatable bonds is 1. The van der Waals surface area contributed by atoms with Crippen LogP contribution < -0.4 is 10.6 Å². The van der Waals surface area contributed by atoms with E-state index in [1.54, 1.807) is 0 Å². The van der Waals surface area contributed by atoms with Crippen LogP contribution >= 0.6 is 11.6 Å². The number of ether oxygens (including phenoxy) is 1. The molecule has 192 valence electrons. The third kappa shape index (κ3) is 3.60. The number of halogens is 1. The number of benzene rings is 2. The first kappa shape index (κ1) is 23.2. The Morgan fingerprint density at radius 2 is 1.84 bits per heavy atom. The molecule has 2 spiro atoms. The Labute approximate surface area is 222 Å². The molecule has 0 radical (unpaired) electrons. The molecule has 3 aromatic rings. The second-order valence-electron chi connectivity index (χ2n) is 11.1. The van der Waals surface area contributed by atoms with E-state index in [1.165, 1.54) is 17.5 Å². The van der Waals surface area contributed by atoms with E-state index in [4.69, 9.17) is 20.8 Å². The average Bonchev–Trinajstić information content (AvgIpc) is 3.33. The molecule has 4 aliphatic rings. The Morgan fingerprint density at radius 3 is 2.65 bits per heavy atom. The molecular weight excluding hydrogens is 486 g/mol. The standard InChI is InChI=1S/C30H32ClN3O3/c1-19-32-26-23(31)17-21-18-24(37-27(21)25(26)29(33-19)10-5-2-6-11-29)28(35)34-14-12-30(13-15-34)22-8-4-3-7-20(22)9-16-36-30/h3-4,7-8,17-18,32-33H,1-2,5-6,9-16H2. The van der Waals surface area contributed by atoms with Crippen LogP contribution in [0.15, 0.2) is 53.2 Å². The topological polar surface area (TPSA) is 66.7 Å². The first-order valence-electron chi connectivity index (χ1n) is 13.5. The Morgan fingerprint density at radius 1 is 1.05 bits per heavy atom. The molecule has 37 heavy (non-hydrogen) atoms. The maximum atomic E-state index is 13.7. The van der Waals surface area contributed by atoms with Crippen molar-refractivity contribution < 1.29 is 13.9 Å². The minimum Gasteiger partial charge on any atom is -0.450 e. The molecule has 1 saturated carbocycles. The van der Waals surface area contributed by atoms with Crippen LogP contribution in [0.5, 0.6) is 0 Å². The third-order valence-corrected chi connectivity index (χ3v) is 9.24. The number of nitrogens with one attached hydrogen (secondary N) is 2. The van der Waals surface area contributed by atoms with Crippen LogP contribution in [0, 0.1) is 0 Å². The summed E-state index contributed by atoms with van der Waals surface area (Å²) >= 11 is 6.77. The number of likely N-dealkylation sites (tertiary alicyclic amines) is 1. The molecule has 1 saturated heterocycles. The summed E-state index contributed by atoms with van der Waals surface area (Å²) in [5.74, 6) is 1.06. The quantitative estimate of drug-likeness (QED) is 0.389. The lowest BCUT2D eigenvalue weighted by Gasteiger charge is -2.45. The monoisotopic (exact) mass is 517 g/mol. The third-order valence-electron chi connectivity index (χ3n) is 8.94. The summed E-state index contributed by atoms with van der Waals surface area (Å²) in [5, 5.41) is 8.44. The van der Waals surface area contributed by atoms with Gasteiger partial charge in [0.1, 0.15) is 5.58 Å². The molecule has 3 aliphatic heterocycles. The zero-order valence-corrected chi connectivity index (χ0v) is 21.8. The summed E-state index contributed by atoms with van der Waals surface area (Å²) in [7, 11) is 0. The molecule has 0 atom stereocenters. The highest BCUT2D eigenvalue weighted by Crippen LogP contribution is 2.50. The Balaban J connectivity index is 1.20. The maximum Gasteiger partial charge on any atom is 0.289 e. The summed E-state index contributed by atoms with van der Waals surface area (Å²) < 4.78 is 12.8. The van der Waals surface area contributed by atoms with Gasteiger partial charge in [-0.3, -0.25) is 4.79 Å². The molecule has 2 aromatic carbocycles. The fraction of sp³-hybridized carbons (Fsp3) is 0.433. The number of carbonyl (C=O) groups excluding carboxylic acids is 1. The van der Waals surface area contributed by atoms with Crippen molar-refractivity contribution in [3.63, 3.8) is 0 Å². The van der Waals surface area contributed by atoms with E-state index in [9.17, 15) is 4.79 Å². The van der Waals surface area contributed by atoms with Crippen molar-refractivity contribution in [2.45, 2.75) is 62.5 Å². The SMILES string of the molecule is C=C1Nc2c(Cl)cc3cc(C(=O)N4CCC5(CC4)OCCc4ccccc45)oc3c2C2(CCCCC2)N1. The molecule has 4 heterocycles. The van der Waals surface area contributed by atoms with Gasteiger partial charge in [0.25, 0.3) is 5.91 Å². The highest BCUT2D eigenvalue weighted by molar-refractivity contribution is 6.34. The molecule has 6 nitrogen and oxygen atoms in total. The molecular formula is C30H32ClN3O3. The van der Waals surface area contributed by atoms with Gasteiger partial charge in [-0.1, -0.05) is 61.7 Å². The van der Waals surface area contributed by atoms with Gasteiger partial charge >= 0.3 is 0 Å². The molecule has 1 aromatic heterocycles. The normalized spacial score (nSPS) is 21.9.